The van der Waals surface area contributed by atoms with Gasteiger partial charge in [-0.2, -0.15) is 0 Å². The number of rotatable bonds is 2. The summed E-state index contributed by atoms with van der Waals surface area (Å²) in [6, 6.07) is 0. The molecular weight excluding hydrogens is 397 g/mol. The fourth-order valence-corrected chi connectivity index (χ4v) is 1.30. The molecule has 0 aromatic carbocycles. The average molecular weight is 466 g/mol. The van der Waals surface area contributed by atoms with Crippen molar-refractivity contribution in [2.45, 2.75) is 104 Å². The topological polar surface area (TPSA) is 118 Å². The first-order chi connectivity index (χ1) is 22.2. The summed E-state index contributed by atoms with van der Waals surface area (Å²) < 4.78 is 173. The second-order valence-electron chi connectivity index (χ2n) is 4.19. The summed E-state index contributed by atoms with van der Waals surface area (Å²) in [6.07, 6.45) is -23.3. The summed E-state index contributed by atoms with van der Waals surface area (Å²) in [5.41, 5.74) is 0. The molecule has 9 nitrogen and oxygen atoms in total. The van der Waals surface area contributed by atoms with Crippen molar-refractivity contribution in [3.05, 3.63) is 19.9 Å². The van der Waals surface area contributed by atoms with E-state index in [9.17, 15) is 9.81 Å². The maximum absolute atomic E-state index is 10.3. The molecule has 0 amide bonds. The van der Waals surface area contributed by atoms with Crippen LogP contribution in [0.25, 0.3) is 0 Å². The van der Waals surface area contributed by atoms with Crippen molar-refractivity contribution in [1.82, 2.24) is 10.0 Å². The van der Waals surface area contributed by atoms with E-state index in [2.05, 4.69) is 5.29 Å². The molecule has 10 heteroatoms. The molecule has 2 aliphatic heterocycles. The van der Waals surface area contributed by atoms with Gasteiger partial charge in [0.05, 0.1) is 16.1 Å². The molecule has 0 aromatic heterocycles. The third-order valence-corrected chi connectivity index (χ3v) is 2.38. The van der Waals surface area contributed by atoms with Gasteiger partial charge in [-0.3, -0.25) is 10.0 Å². The summed E-state index contributed by atoms with van der Waals surface area (Å²) in [5, 5.41) is 14.0. The molecule has 2 aliphatic carbocycles. The quantitative estimate of drug-likeness (QED) is 0.346. The van der Waals surface area contributed by atoms with Crippen molar-refractivity contribution >= 4 is 0 Å². The van der Waals surface area contributed by atoms with E-state index in [4.69, 9.17) is 43.0 Å². The molecule has 0 bridgehead atoms. The van der Waals surface area contributed by atoms with Crippen LogP contribution in [0.15, 0.2) is 15.9 Å². The number of nitrogens with zero attached hydrogens (tertiary/aromatic N) is 5. The summed E-state index contributed by atoms with van der Waals surface area (Å²) in [4.78, 5) is 28.2. The molecule has 30 heavy (non-hydrogen) atoms. The van der Waals surface area contributed by atoms with Gasteiger partial charge >= 0.3 is 29.6 Å². The Kier molecular flexibility index (Phi) is 9.72. The SMILES string of the molecule is C.C.O=N[O-].[2H]C1([2H])CC([2H])([2H])C([2H])([2H])C1([2H])[2H].[2H]C1([2H])CCCC1([2H])[2H].[2H]C1([2H])CN(N=O)CC1([2H])[2H].[2H]C1([2H])N(N=O)C([2H])([2H])C([2H])([2H])C1([2H])[2H].[Na+]. The van der Waals surface area contributed by atoms with E-state index in [1.54, 1.807) is 0 Å². The Hall–Kier alpha value is -0.800. The standard InChI is InChI=1S/2C5H10.2C4H8N2O.2CH4.HNO2.Na/c2*1-2-4-5-3-1;2*7-5-6-3-1-2-4-6;;;2-1-3;/h2*1-5H2;2*1-4H2;2*1H4;(H,2,3);/q;;;;;;;+1/p-1/i1D2,2D2,3D2,4D2;1D2,2D2;1D2,2D2,3D2,4D2;1D2,2D2;;;;. The van der Waals surface area contributed by atoms with Crippen molar-refractivity contribution in [2.75, 3.05) is 26.1 Å². The second kappa shape index (κ2) is 30.4. The molecular formula is C20H44N5NaO4. The fraction of sp³-hybridized carbons (Fsp3) is 1.00. The van der Waals surface area contributed by atoms with Crippen LogP contribution in [0.2, 0.25) is 0 Å². The van der Waals surface area contributed by atoms with Crippen molar-refractivity contribution < 1.29 is 62.5 Å². The second-order valence-corrected chi connectivity index (χ2v) is 4.19. The molecule has 4 aliphatic rings. The summed E-state index contributed by atoms with van der Waals surface area (Å²) >= 11 is 0. The number of hydrogen-bond acceptors (Lipinski definition) is 7. The molecule has 0 N–H and O–H groups in total. The van der Waals surface area contributed by atoms with Crippen LogP contribution in [0.1, 0.15) is 137 Å². The minimum atomic E-state index is -3.18. The molecule has 0 spiro atoms. The van der Waals surface area contributed by atoms with E-state index in [-0.39, 0.29) is 62.5 Å². The first-order valence-electron chi connectivity index (χ1n) is 19.3. The van der Waals surface area contributed by atoms with Crippen LogP contribution in [0.3, 0.4) is 0 Å². The molecule has 4 rings (SSSR count). The Morgan fingerprint density at radius 2 is 1.00 bits per heavy atom. The van der Waals surface area contributed by atoms with Gasteiger partial charge in [0.2, 0.25) is 0 Å². The molecule has 0 unspecified atom stereocenters. The molecule has 2 saturated carbocycles. The maximum Gasteiger partial charge on any atom is 1.00 e. The number of hydrogen-bond donors (Lipinski definition) is 0. The normalized spacial score (nSPS) is 49.9. The van der Waals surface area contributed by atoms with Crippen LogP contribution >= 0.6 is 0 Å². The molecule has 0 aromatic rings. The Labute approximate surface area is 239 Å². The molecule has 2 saturated heterocycles. The van der Waals surface area contributed by atoms with Crippen LogP contribution < -0.4 is 29.6 Å². The van der Waals surface area contributed by atoms with Crippen molar-refractivity contribution in [2.24, 2.45) is 15.9 Å². The van der Waals surface area contributed by atoms with Crippen LogP contribution in [0.5, 0.6) is 0 Å². The van der Waals surface area contributed by atoms with E-state index in [1.807, 2.05) is 5.29 Å². The predicted octanol–water partition coefficient (Wildman–Crippen LogP) is 3.96. The Balaban J connectivity index is -0.000000299. The smallest absolute Gasteiger partial charge is 0.444 e. The third-order valence-electron chi connectivity index (χ3n) is 2.38. The Morgan fingerprint density at radius 1 is 0.600 bits per heavy atom. The molecule has 174 valence electrons. The van der Waals surface area contributed by atoms with Crippen molar-refractivity contribution in [3.8, 4) is 0 Å². The van der Waals surface area contributed by atoms with Crippen LogP contribution in [0, 0.1) is 19.9 Å². The van der Waals surface area contributed by atoms with Gasteiger partial charge in [0.15, 0.2) is 0 Å². The molecule has 2 heterocycles. The zero-order valence-electron chi connectivity index (χ0n) is 39.1. The summed E-state index contributed by atoms with van der Waals surface area (Å²) in [6.45, 7) is -6.80. The van der Waals surface area contributed by atoms with E-state index in [1.165, 1.54) is 0 Å². The first kappa shape index (κ1) is 9.59. The van der Waals surface area contributed by atoms with Gasteiger partial charge in [-0.1, -0.05) is 78.8 Å². The van der Waals surface area contributed by atoms with Gasteiger partial charge in [-0.25, -0.2) is 0 Å². The maximum atomic E-state index is 10.3. The van der Waals surface area contributed by atoms with E-state index < -0.39 is 83.1 Å². The van der Waals surface area contributed by atoms with E-state index in [0.29, 0.717) is 19.3 Å². The van der Waals surface area contributed by atoms with Crippen molar-refractivity contribution in [3.63, 3.8) is 0 Å². The number of nitroso groups, excluding NO2 is 2. The van der Waals surface area contributed by atoms with Gasteiger partial charge in [0.25, 0.3) is 0 Å². The van der Waals surface area contributed by atoms with Crippen molar-refractivity contribution in [1.29, 1.82) is 0 Å². The van der Waals surface area contributed by atoms with E-state index in [0.717, 1.165) is 10.3 Å². The monoisotopic (exact) mass is 465 g/mol. The summed E-state index contributed by atoms with van der Waals surface area (Å²) in [5.74, 6) is 0. The molecule has 4 fully saturated rings. The molecule has 0 radical (unpaired) electrons. The zero-order valence-corrected chi connectivity index (χ0v) is 17.1. The van der Waals surface area contributed by atoms with Crippen LogP contribution in [-0.2, 0) is 0 Å². The van der Waals surface area contributed by atoms with Gasteiger partial charge in [0, 0.05) is 53.5 Å². The minimum Gasteiger partial charge on any atom is -0.444 e. The Morgan fingerprint density at radius 3 is 1.20 bits per heavy atom. The average Bonchev–Trinajstić information content (AvgIpc) is 3.35. The van der Waals surface area contributed by atoms with Gasteiger partial charge in [0.1, 0.15) is 0 Å². The summed E-state index contributed by atoms with van der Waals surface area (Å²) in [7, 11) is 0. The van der Waals surface area contributed by atoms with Crippen LogP contribution in [-0.4, -0.2) is 36.1 Å². The van der Waals surface area contributed by atoms with Gasteiger partial charge in [-0.05, 0) is 25.5 Å². The first-order valence-corrected chi connectivity index (χ1v) is 7.33. The molecule has 0 atom stereocenters. The zero-order chi connectivity index (χ0) is 41.5. The van der Waals surface area contributed by atoms with Crippen LogP contribution in [0.4, 0.5) is 0 Å². The Bertz CT molecular complexity index is 1180. The third kappa shape index (κ3) is 25.2. The van der Waals surface area contributed by atoms with Gasteiger partial charge in [-0.15, -0.1) is 15.2 Å². The minimum absolute atomic E-state index is 0. The predicted molar refractivity (Wildman–Crippen MR) is 122 cm³/mol. The van der Waals surface area contributed by atoms with Gasteiger partial charge < -0.3 is 10.1 Å². The largest absolute Gasteiger partial charge is 1.00 e. The fourth-order valence-electron chi connectivity index (χ4n) is 1.30. The van der Waals surface area contributed by atoms with E-state index >= 15 is 0 Å².